The minimum Gasteiger partial charge on any atom is -0.475 e. The molecule has 2 N–H and O–H groups in total. The maximum absolute atomic E-state index is 8.90. The van der Waals surface area contributed by atoms with Gasteiger partial charge >= 0.3 is 7.12 Å². The van der Waals surface area contributed by atoms with Crippen LogP contribution in [0.1, 0.15) is 19.4 Å². The molecule has 0 radical (unpaired) electrons. The third-order valence-corrected chi connectivity index (χ3v) is 1.70. The average molecular weight is 195 g/mol. The number of hydrogen-bond donors (Lipinski definition) is 2. The second-order valence-corrected chi connectivity index (χ2v) is 3.43. The van der Waals surface area contributed by atoms with Crippen molar-refractivity contribution in [3.8, 4) is 5.88 Å². The second-order valence-electron chi connectivity index (χ2n) is 3.43. The van der Waals surface area contributed by atoms with Gasteiger partial charge in [-0.3, -0.25) is 0 Å². The van der Waals surface area contributed by atoms with E-state index in [-0.39, 0.29) is 6.10 Å². The summed E-state index contributed by atoms with van der Waals surface area (Å²) in [6.45, 7) is 5.64. The van der Waals surface area contributed by atoms with Crippen molar-refractivity contribution in [1.82, 2.24) is 4.98 Å². The van der Waals surface area contributed by atoms with Crippen LogP contribution in [0.4, 0.5) is 0 Å². The van der Waals surface area contributed by atoms with Crippen LogP contribution in [0.5, 0.6) is 5.88 Å². The molecule has 1 aromatic heterocycles. The Labute approximate surface area is 83.7 Å². The fourth-order valence-electron chi connectivity index (χ4n) is 1.07. The summed E-state index contributed by atoms with van der Waals surface area (Å²) < 4.78 is 5.41. The summed E-state index contributed by atoms with van der Waals surface area (Å²) in [5.41, 5.74) is 1.17. The van der Waals surface area contributed by atoms with E-state index in [1.165, 1.54) is 6.20 Å². The van der Waals surface area contributed by atoms with Crippen LogP contribution in [-0.2, 0) is 0 Å². The number of rotatable bonds is 3. The largest absolute Gasteiger partial charge is 0.490 e. The highest BCUT2D eigenvalue weighted by molar-refractivity contribution is 6.58. The van der Waals surface area contributed by atoms with Crippen molar-refractivity contribution in [2.45, 2.75) is 26.9 Å². The molecule has 76 valence electrons. The highest BCUT2D eigenvalue weighted by Crippen LogP contribution is 2.12. The molecule has 0 aromatic carbocycles. The first-order chi connectivity index (χ1) is 6.50. The molecule has 5 heteroatoms. The standard InChI is InChI=1S/C9H14BNO3/c1-6(2)14-9-7(3)4-8(5-11-9)10(12)13/h4-6,12-13H,1-3H3. The van der Waals surface area contributed by atoms with Gasteiger partial charge in [0.2, 0.25) is 5.88 Å². The number of ether oxygens (including phenoxy) is 1. The van der Waals surface area contributed by atoms with Crippen LogP contribution in [0.15, 0.2) is 12.3 Å². The van der Waals surface area contributed by atoms with E-state index >= 15 is 0 Å². The van der Waals surface area contributed by atoms with E-state index in [0.717, 1.165) is 5.56 Å². The molecule has 1 aromatic rings. The fourth-order valence-corrected chi connectivity index (χ4v) is 1.07. The topological polar surface area (TPSA) is 62.6 Å². The van der Waals surface area contributed by atoms with Crippen LogP contribution in [0.25, 0.3) is 0 Å². The van der Waals surface area contributed by atoms with E-state index in [2.05, 4.69) is 4.98 Å². The molecule has 0 aliphatic rings. The number of aromatic nitrogens is 1. The lowest BCUT2D eigenvalue weighted by Crippen LogP contribution is -2.30. The Bertz CT molecular complexity index is 315. The predicted molar refractivity (Wildman–Crippen MR) is 54.6 cm³/mol. The van der Waals surface area contributed by atoms with Crippen LogP contribution >= 0.6 is 0 Å². The van der Waals surface area contributed by atoms with Crippen molar-refractivity contribution in [2.75, 3.05) is 0 Å². The van der Waals surface area contributed by atoms with Crippen molar-refractivity contribution in [3.05, 3.63) is 17.8 Å². The smallest absolute Gasteiger partial charge is 0.475 e. The van der Waals surface area contributed by atoms with Crippen molar-refractivity contribution in [3.63, 3.8) is 0 Å². The number of aryl methyl sites for hydroxylation is 1. The van der Waals surface area contributed by atoms with E-state index in [1.807, 2.05) is 20.8 Å². The Hall–Kier alpha value is -1.07. The van der Waals surface area contributed by atoms with Gasteiger partial charge < -0.3 is 14.8 Å². The SMILES string of the molecule is Cc1cc(B(O)O)cnc1OC(C)C. The first-order valence-corrected chi connectivity index (χ1v) is 4.50. The number of hydrogen-bond acceptors (Lipinski definition) is 4. The van der Waals surface area contributed by atoms with Gasteiger partial charge in [-0.1, -0.05) is 6.07 Å². The third kappa shape index (κ3) is 2.72. The molecular weight excluding hydrogens is 181 g/mol. The molecule has 0 amide bonds. The molecule has 0 aliphatic carbocycles. The molecule has 0 unspecified atom stereocenters. The quantitative estimate of drug-likeness (QED) is 0.658. The number of pyridine rings is 1. The lowest BCUT2D eigenvalue weighted by molar-refractivity contribution is 0.231. The van der Waals surface area contributed by atoms with Crippen molar-refractivity contribution in [2.24, 2.45) is 0 Å². The molecule has 4 nitrogen and oxygen atoms in total. The molecule has 0 fully saturated rings. The van der Waals surface area contributed by atoms with Crippen molar-refractivity contribution >= 4 is 12.6 Å². The summed E-state index contributed by atoms with van der Waals surface area (Å²) in [6.07, 6.45) is 1.46. The van der Waals surface area contributed by atoms with Crippen LogP contribution < -0.4 is 10.2 Å². The van der Waals surface area contributed by atoms with Gasteiger partial charge in [-0.2, -0.15) is 0 Å². The molecule has 0 saturated heterocycles. The summed E-state index contributed by atoms with van der Waals surface area (Å²) in [5, 5.41) is 17.8. The molecular formula is C9H14BNO3. The predicted octanol–water partition coefficient (Wildman–Crippen LogP) is -0.143. The van der Waals surface area contributed by atoms with Gasteiger partial charge in [0, 0.05) is 17.2 Å². The maximum atomic E-state index is 8.90. The average Bonchev–Trinajstić information content (AvgIpc) is 2.07. The van der Waals surface area contributed by atoms with E-state index in [1.54, 1.807) is 6.07 Å². The molecule has 0 saturated carbocycles. The minimum absolute atomic E-state index is 0.0612. The van der Waals surface area contributed by atoms with Gasteiger partial charge in [0.05, 0.1) is 6.10 Å². The van der Waals surface area contributed by atoms with Gasteiger partial charge in [-0.15, -0.1) is 0 Å². The Kier molecular flexibility index (Phi) is 3.49. The van der Waals surface area contributed by atoms with Crippen molar-refractivity contribution in [1.29, 1.82) is 0 Å². The second kappa shape index (κ2) is 4.44. The lowest BCUT2D eigenvalue weighted by atomic mass is 9.81. The minimum atomic E-state index is -1.48. The zero-order chi connectivity index (χ0) is 10.7. The van der Waals surface area contributed by atoms with E-state index in [4.69, 9.17) is 14.8 Å². The fraction of sp³-hybridized carbons (Fsp3) is 0.444. The van der Waals surface area contributed by atoms with Crippen LogP contribution in [0.3, 0.4) is 0 Å². The van der Waals surface area contributed by atoms with E-state index in [0.29, 0.717) is 11.3 Å². The molecule has 0 aliphatic heterocycles. The van der Waals surface area contributed by atoms with Gasteiger partial charge in [0.25, 0.3) is 0 Å². The Morgan fingerprint density at radius 2 is 2.07 bits per heavy atom. The highest BCUT2D eigenvalue weighted by Gasteiger charge is 2.13. The number of nitrogens with zero attached hydrogens (tertiary/aromatic N) is 1. The molecule has 1 heterocycles. The lowest BCUT2D eigenvalue weighted by Gasteiger charge is -2.11. The highest BCUT2D eigenvalue weighted by atomic mass is 16.5. The Balaban J connectivity index is 2.90. The Morgan fingerprint density at radius 3 is 2.50 bits per heavy atom. The maximum Gasteiger partial charge on any atom is 0.490 e. The summed E-state index contributed by atoms with van der Waals surface area (Å²) in [7, 11) is -1.48. The molecule has 0 bridgehead atoms. The van der Waals surface area contributed by atoms with Gasteiger partial charge in [0.15, 0.2) is 0 Å². The van der Waals surface area contributed by atoms with Gasteiger partial charge in [0.1, 0.15) is 0 Å². The molecule has 0 spiro atoms. The summed E-state index contributed by atoms with van der Waals surface area (Å²) >= 11 is 0. The summed E-state index contributed by atoms with van der Waals surface area (Å²) in [4.78, 5) is 4.00. The normalized spacial score (nSPS) is 10.4. The first kappa shape index (κ1) is 11.0. The summed E-state index contributed by atoms with van der Waals surface area (Å²) in [6, 6.07) is 1.65. The van der Waals surface area contributed by atoms with E-state index < -0.39 is 7.12 Å². The Morgan fingerprint density at radius 1 is 1.43 bits per heavy atom. The van der Waals surface area contributed by atoms with Crippen LogP contribution in [0, 0.1) is 6.92 Å². The molecule has 0 atom stereocenters. The molecule has 14 heavy (non-hydrogen) atoms. The zero-order valence-corrected chi connectivity index (χ0v) is 8.56. The zero-order valence-electron chi connectivity index (χ0n) is 8.56. The van der Waals surface area contributed by atoms with Crippen LogP contribution in [0.2, 0.25) is 0 Å². The van der Waals surface area contributed by atoms with Crippen LogP contribution in [-0.4, -0.2) is 28.3 Å². The summed E-state index contributed by atoms with van der Waals surface area (Å²) in [5.74, 6) is 0.532. The third-order valence-electron chi connectivity index (χ3n) is 1.70. The molecule has 1 rings (SSSR count). The first-order valence-electron chi connectivity index (χ1n) is 4.50. The van der Waals surface area contributed by atoms with E-state index in [9.17, 15) is 0 Å². The monoisotopic (exact) mass is 195 g/mol. The van der Waals surface area contributed by atoms with Gasteiger partial charge in [-0.25, -0.2) is 4.98 Å². The van der Waals surface area contributed by atoms with Gasteiger partial charge in [-0.05, 0) is 20.8 Å². The van der Waals surface area contributed by atoms with Crippen molar-refractivity contribution < 1.29 is 14.8 Å².